The van der Waals surface area contributed by atoms with Crippen LogP contribution in [0.15, 0.2) is 23.5 Å². The number of non-ortho nitro benzene ring substituents is 1. The number of hydrogen-bond donors (Lipinski definition) is 2. The van der Waals surface area contributed by atoms with Gasteiger partial charge in [-0.05, 0) is 12.5 Å². The fourth-order valence-electron chi connectivity index (χ4n) is 1.16. The topological polar surface area (TPSA) is 126 Å². The summed E-state index contributed by atoms with van der Waals surface area (Å²) in [6.45, 7) is 1.63. The Bertz CT molecular complexity index is 459. The molecule has 0 heterocycles. The highest BCUT2D eigenvalue weighted by molar-refractivity contribution is 5.92. The summed E-state index contributed by atoms with van der Waals surface area (Å²) >= 11 is 0. The van der Waals surface area contributed by atoms with Crippen molar-refractivity contribution in [2.24, 2.45) is 11.0 Å². The molecule has 0 spiro atoms. The summed E-state index contributed by atoms with van der Waals surface area (Å²) in [4.78, 5) is 20.4. The van der Waals surface area contributed by atoms with Crippen molar-refractivity contribution in [3.05, 3.63) is 38.8 Å². The third kappa shape index (κ3) is 2.11. The first kappa shape index (κ1) is 11.6. The first-order chi connectivity index (χ1) is 7.47. The minimum atomic E-state index is -0.605. The van der Waals surface area contributed by atoms with Gasteiger partial charge < -0.3 is 5.73 Å². The second-order valence-corrected chi connectivity index (χ2v) is 3.01. The molecule has 0 aliphatic rings. The zero-order valence-electron chi connectivity index (χ0n) is 8.38. The molecule has 1 aromatic rings. The maximum atomic E-state index is 10.5. The zero-order valence-corrected chi connectivity index (χ0v) is 8.38. The van der Waals surface area contributed by atoms with Gasteiger partial charge in [-0.1, -0.05) is 6.07 Å². The predicted octanol–water partition coefficient (Wildman–Crippen LogP) is 1.28. The van der Waals surface area contributed by atoms with Crippen LogP contribution in [0.2, 0.25) is 0 Å². The summed E-state index contributed by atoms with van der Waals surface area (Å²) in [5.41, 5.74) is 5.60. The smallest absolute Gasteiger partial charge is 0.271 e. The molecule has 0 fully saturated rings. The Balaban J connectivity index is 3.30. The van der Waals surface area contributed by atoms with Crippen molar-refractivity contribution in [2.45, 2.75) is 6.92 Å². The number of nitroso groups, excluding NO2 is 1. The molecule has 1 aromatic carbocycles. The Hall–Kier alpha value is -2.51. The lowest BCUT2D eigenvalue weighted by atomic mass is 10.2. The number of nitro benzene ring substituents is 1. The van der Waals surface area contributed by atoms with Gasteiger partial charge in [-0.15, -0.1) is 4.91 Å². The van der Waals surface area contributed by atoms with E-state index < -0.39 is 10.9 Å². The quantitative estimate of drug-likeness (QED) is 0.262. The lowest BCUT2D eigenvalue weighted by molar-refractivity contribution is -0.384. The van der Waals surface area contributed by atoms with Crippen LogP contribution in [0, 0.1) is 27.4 Å². The molecule has 16 heavy (non-hydrogen) atoms. The monoisotopic (exact) mass is 223 g/mol. The minimum absolute atomic E-state index is 0.122. The summed E-state index contributed by atoms with van der Waals surface area (Å²) in [6.07, 6.45) is 0. The van der Waals surface area contributed by atoms with Crippen molar-refractivity contribution in [3.63, 3.8) is 0 Å². The first-order valence-corrected chi connectivity index (χ1v) is 4.20. The number of guanidine groups is 1. The molecule has 8 nitrogen and oxygen atoms in total. The number of aryl methyl sites for hydroxylation is 1. The molecule has 84 valence electrons. The molecule has 0 atom stereocenters. The lowest BCUT2D eigenvalue weighted by Gasteiger charge is -2.14. The molecule has 0 saturated heterocycles. The van der Waals surface area contributed by atoms with E-state index >= 15 is 0 Å². The standard InChI is InChI=1S/C8H9N5O3/c1-5-2-3-6(13(15)16)4-7(5)12(11-14)8(9)10/h2-4H,1H3,(H3,9,10). The van der Waals surface area contributed by atoms with Crippen molar-refractivity contribution in [1.82, 2.24) is 0 Å². The van der Waals surface area contributed by atoms with E-state index in [1.165, 1.54) is 12.1 Å². The molecule has 0 unspecified atom stereocenters. The van der Waals surface area contributed by atoms with Gasteiger partial charge in [0.1, 0.15) is 0 Å². The van der Waals surface area contributed by atoms with Gasteiger partial charge in [0.15, 0.2) is 0 Å². The van der Waals surface area contributed by atoms with E-state index in [4.69, 9.17) is 11.1 Å². The van der Waals surface area contributed by atoms with Gasteiger partial charge >= 0.3 is 0 Å². The summed E-state index contributed by atoms with van der Waals surface area (Å²) in [6, 6.07) is 3.88. The number of benzene rings is 1. The molecule has 0 amide bonds. The van der Waals surface area contributed by atoms with Crippen LogP contribution in [0.3, 0.4) is 0 Å². The van der Waals surface area contributed by atoms with Crippen LogP contribution < -0.4 is 10.7 Å². The second-order valence-electron chi connectivity index (χ2n) is 3.01. The molecule has 0 aromatic heterocycles. The Morgan fingerprint density at radius 2 is 2.25 bits per heavy atom. The van der Waals surface area contributed by atoms with Gasteiger partial charge in [-0.3, -0.25) is 15.5 Å². The number of nitrogens with one attached hydrogen (secondary N) is 1. The Labute approximate surface area is 90.3 Å². The number of rotatable bonds is 3. The number of nitro groups is 1. The molecule has 0 aliphatic carbocycles. The van der Waals surface area contributed by atoms with Crippen LogP contribution in [-0.2, 0) is 0 Å². The van der Waals surface area contributed by atoms with E-state index in [9.17, 15) is 15.0 Å². The second kappa shape index (κ2) is 4.34. The number of hydrogen-bond acceptors (Lipinski definition) is 5. The van der Waals surface area contributed by atoms with Crippen molar-refractivity contribution >= 4 is 17.3 Å². The van der Waals surface area contributed by atoms with Crippen molar-refractivity contribution in [2.75, 3.05) is 5.01 Å². The summed E-state index contributed by atoms with van der Waals surface area (Å²) in [7, 11) is 0. The highest BCUT2D eigenvalue weighted by atomic mass is 16.6. The van der Waals surface area contributed by atoms with E-state index in [1.807, 2.05) is 0 Å². The fraction of sp³-hybridized carbons (Fsp3) is 0.125. The third-order valence-corrected chi connectivity index (χ3v) is 1.94. The molecule has 0 saturated carbocycles. The minimum Gasteiger partial charge on any atom is -0.368 e. The molecule has 1 rings (SSSR count). The summed E-state index contributed by atoms with van der Waals surface area (Å²) < 4.78 is 0. The largest absolute Gasteiger partial charge is 0.368 e. The van der Waals surface area contributed by atoms with Crippen LogP contribution in [-0.4, -0.2) is 10.9 Å². The van der Waals surface area contributed by atoms with Crippen LogP contribution in [0.1, 0.15) is 5.56 Å². The lowest BCUT2D eigenvalue weighted by Crippen LogP contribution is -2.31. The van der Waals surface area contributed by atoms with Crippen molar-refractivity contribution in [3.8, 4) is 0 Å². The van der Waals surface area contributed by atoms with Crippen molar-refractivity contribution < 1.29 is 4.92 Å². The average molecular weight is 223 g/mol. The van der Waals surface area contributed by atoms with E-state index in [1.54, 1.807) is 6.92 Å². The molecule has 0 bridgehead atoms. The maximum Gasteiger partial charge on any atom is 0.271 e. The van der Waals surface area contributed by atoms with Gasteiger partial charge in [0.05, 0.1) is 15.9 Å². The SMILES string of the molecule is Cc1ccc([N+](=O)[O-])cc1N(N=O)C(=N)N. The van der Waals surface area contributed by atoms with Gasteiger partial charge in [-0.2, -0.15) is 5.01 Å². The Kier molecular flexibility index (Phi) is 3.14. The van der Waals surface area contributed by atoms with E-state index in [0.717, 1.165) is 6.07 Å². The Morgan fingerprint density at radius 3 is 2.69 bits per heavy atom. The van der Waals surface area contributed by atoms with E-state index in [0.29, 0.717) is 10.6 Å². The van der Waals surface area contributed by atoms with Gasteiger partial charge in [0.25, 0.3) is 5.69 Å². The van der Waals surface area contributed by atoms with Crippen LogP contribution >= 0.6 is 0 Å². The molecule has 0 aliphatic heterocycles. The van der Waals surface area contributed by atoms with Gasteiger partial charge in [0, 0.05) is 12.1 Å². The van der Waals surface area contributed by atoms with Gasteiger partial charge in [-0.25, -0.2) is 0 Å². The van der Waals surface area contributed by atoms with Crippen LogP contribution in [0.25, 0.3) is 0 Å². The fourth-order valence-corrected chi connectivity index (χ4v) is 1.16. The highest BCUT2D eigenvalue weighted by Gasteiger charge is 2.16. The molecule has 8 heteroatoms. The Morgan fingerprint density at radius 1 is 1.62 bits per heavy atom. The molecule has 3 N–H and O–H groups in total. The summed E-state index contributed by atoms with van der Waals surface area (Å²) in [5, 5.41) is 20.8. The molecular formula is C8H9N5O3. The zero-order chi connectivity index (χ0) is 12.3. The highest BCUT2D eigenvalue weighted by Crippen LogP contribution is 2.25. The van der Waals surface area contributed by atoms with E-state index in [-0.39, 0.29) is 11.4 Å². The summed E-state index contributed by atoms with van der Waals surface area (Å²) in [5.74, 6) is -0.599. The van der Waals surface area contributed by atoms with Crippen LogP contribution in [0.4, 0.5) is 11.4 Å². The molecule has 0 radical (unpaired) electrons. The van der Waals surface area contributed by atoms with Gasteiger partial charge in [0.2, 0.25) is 5.96 Å². The number of nitrogens with two attached hydrogens (primary N) is 1. The normalized spacial score (nSPS) is 9.56. The number of nitrogens with zero attached hydrogens (tertiary/aromatic N) is 3. The maximum absolute atomic E-state index is 10.5. The van der Waals surface area contributed by atoms with E-state index in [2.05, 4.69) is 5.29 Å². The number of anilines is 1. The average Bonchev–Trinajstić information content (AvgIpc) is 2.20. The first-order valence-electron chi connectivity index (χ1n) is 4.20. The van der Waals surface area contributed by atoms with Crippen LogP contribution in [0.5, 0.6) is 0 Å². The predicted molar refractivity (Wildman–Crippen MR) is 58.0 cm³/mol. The third-order valence-electron chi connectivity index (χ3n) is 1.94. The van der Waals surface area contributed by atoms with Crippen molar-refractivity contribution in [1.29, 1.82) is 5.41 Å². The molecular weight excluding hydrogens is 214 g/mol.